The van der Waals surface area contributed by atoms with E-state index in [0.29, 0.717) is 27.1 Å². The number of thiazole rings is 1. The molecule has 9 rings (SSSR count). The van der Waals surface area contributed by atoms with Crippen LogP contribution in [0.5, 0.6) is 0 Å². The summed E-state index contributed by atoms with van der Waals surface area (Å²) in [6.07, 6.45) is 7.56. The molecule has 9 aromatic rings. The fourth-order valence-corrected chi connectivity index (χ4v) is 7.82. The van der Waals surface area contributed by atoms with Crippen LogP contribution in [0.15, 0.2) is 164 Å². The highest BCUT2D eigenvalue weighted by molar-refractivity contribution is 7.22. The number of carbonyl (C=O) groups excluding carboxylic acids is 1. The second-order valence-corrected chi connectivity index (χ2v) is 13.6. The Labute approximate surface area is 306 Å². The van der Waals surface area contributed by atoms with Gasteiger partial charge in [-0.1, -0.05) is 108 Å². The van der Waals surface area contributed by atoms with E-state index in [1.165, 1.54) is 30.3 Å². The Kier molecular flexibility index (Phi) is 7.93. The third-order valence-electron chi connectivity index (χ3n) is 9.42. The zero-order valence-corrected chi connectivity index (χ0v) is 28.7. The third-order valence-corrected chi connectivity index (χ3v) is 10.4. The minimum atomic E-state index is -0.761. The number of pyridine rings is 1. The zero-order valence-electron chi connectivity index (χ0n) is 27.9. The summed E-state index contributed by atoms with van der Waals surface area (Å²) in [6, 6.07) is 43.6. The number of nitrogens with zero attached hydrogens (tertiary/aromatic N) is 5. The molecule has 0 saturated heterocycles. The molecule has 0 saturated carbocycles. The topological polar surface area (TPSA) is 77.1 Å². The maximum Gasteiger partial charge on any atom is 0.260 e. The largest absolute Gasteiger partial charge is 0.299 e. The van der Waals surface area contributed by atoms with E-state index in [4.69, 9.17) is 5.10 Å². The van der Waals surface area contributed by atoms with Crippen LogP contribution in [0.2, 0.25) is 0 Å². The Balaban J connectivity index is 1.07. The summed E-state index contributed by atoms with van der Waals surface area (Å²) in [7, 11) is 0. The Morgan fingerprint density at radius 3 is 2.00 bits per heavy atom. The number of nitrogens with one attached hydrogen (secondary N) is 1. The van der Waals surface area contributed by atoms with Gasteiger partial charge in [-0.2, -0.15) is 5.10 Å². The van der Waals surface area contributed by atoms with Gasteiger partial charge < -0.3 is 0 Å². The van der Waals surface area contributed by atoms with Gasteiger partial charge >= 0.3 is 0 Å². The summed E-state index contributed by atoms with van der Waals surface area (Å²) in [5, 5.41) is 7.91. The number of amides is 1. The maximum absolute atomic E-state index is 15.6. The normalized spacial score (nSPS) is 11.7. The van der Waals surface area contributed by atoms with Crippen LogP contribution in [0, 0.1) is 11.6 Å². The summed E-state index contributed by atoms with van der Waals surface area (Å²) in [5.74, 6) is -1.74. The zero-order chi connectivity index (χ0) is 35.9. The average molecular weight is 715 g/mol. The van der Waals surface area contributed by atoms with Crippen molar-refractivity contribution in [2.45, 2.75) is 5.54 Å². The molecule has 0 aliphatic carbocycles. The number of benzene rings is 5. The molecule has 1 N–H and O–H groups in total. The molecule has 4 aromatic heterocycles. The number of fused-ring (bicyclic) bond motifs is 2. The van der Waals surface area contributed by atoms with Crippen molar-refractivity contribution in [3.63, 3.8) is 0 Å². The number of hydrogen-bond donors (Lipinski definition) is 1. The van der Waals surface area contributed by atoms with Gasteiger partial charge in [0.1, 0.15) is 22.8 Å². The van der Waals surface area contributed by atoms with Crippen molar-refractivity contribution >= 4 is 38.2 Å². The van der Waals surface area contributed by atoms with Crippen LogP contribution >= 0.6 is 11.3 Å². The van der Waals surface area contributed by atoms with Crippen molar-refractivity contribution in [1.82, 2.24) is 24.1 Å². The molecule has 0 aliphatic heterocycles. The van der Waals surface area contributed by atoms with Gasteiger partial charge in [0.15, 0.2) is 5.13 Å². The average Bonchev–Trinajstić information content (AvgIpc) is 3.95. The first kappa shape index (κ1) is 32.1. The molecule has 5 aromatic carbocycles. The summed E-state index contributed by atoms with van der Waals surface area (Å²) in [4.78, 5) is 21.9. The Morgan fingerprint density at radius 2 is 1.34 bits per heavy atom. The molecule has 0 radical (unpaired) electrons. The van der Waals surface area contributed by atoms with Crippen molar-refractivity contribution in [2.24, 2.45) is 0 Å². The van der Waals surface area contributed by atoms with Crippen molar-refractivity contribution < 1.29 is 13.6 Å². The minimum absolute atomic E-state index is 0.139. The van der Waals surface area contributed by atoms with Crippen molar-refractivity contribution in [1.29, 1.82) is 0 Å². The second kappa shape index (κ2) is 13.1. The highest BCUT2D eigenvalue weighted by Gasteiger charge is 2.39. The summed E-state index contributed by atoms with van der Waals surface area (Å²) < 4.78 is 33.7. The van der Waals surface area contributed by atoms with Gasteiger partial charge in [0.05, 0.1) is 33.9 Å². The lowest BCUT2D eigenvalue weighted by Gasteiger charge is -2.36. The van der Waals surface area contributed by atoms with E-state index in [1.807, 2.05) is 88.2 Å². The van der Waals surface area contributed by atoms with Gasteiger partial charge in [-0.05, 0) is 59.2 Å². The number of imidazole rings is 1. The highest BCUT2D eigenvalue weighted by Crippen LogP contribution is 2.41. The van der Waals surface area contributed by atoms with Crippen molar-refractivity contribution in [2.75, 3.05) is 5.32 Å². The van der Waals surface area contributed by atoms with Crippen LogP contribution in [0.4, 0.5) is 13.9 Å². The molecule has 1 amide bonds. The number of hydrogen-bond acceptors (Lipinski definition) is 5. The predicted octanol–water partition coefficient (Wildman–Crippen LogP) is 9.85. The van der Waals surface area contributed by atoms with Crippen LogP contribution in [-0.2, 0) is 5.54 Å². The van der Waals surface area contributed by atoms with Gasteiger partial charge in [0.25, 0.3) is 5.91 Å². The number of aromatic nitrogens is 5. The molecule has 0 bridgehead atoms. The number of rotatable bonds is 8. The fraction of sp³-hybridized carbons (Fsp3) is 0.0233. The number of carbonyl (C=O) groups is 1. The molecule has 0 unspecified atom stereocenters. The minimum Gasteiger partial charge on any atom is -0.299 e. The van der Waals surface area contributed by atoms with E-state index in [9.17, 15) is 9.18 Å². The smallest absolute Gasteiger partial charge is 0.260 e. The van der Waals surface area contributed by atoms with E-state index in [1.54, 1.807) is 12.3 Å². The van der Waals surface area contributed by atoms with E-state index >= 15 is 4.39 Å². The molecular formula is C43H28F2N6OS. The van der Waals surface area contributed by atoms with Crippen LogP contribution in [0.3, 0.4) is 0 Å². The van der Waals surface area contributed by atoms with E-state index < -0.39 is 23.1 Å². The molecule has 0 aliphatic rings. The van der Waals surface area contributed by atoms with E-state index in [2.05, 4.69) is 57.9 Å². The van der Waals surface area contributed by atoms with Gasteiger partial charge in [-0.3, -0.25) is 19.2 Å². The van der Waals surface area contributed by atoms with Crippen LogP contribution in [0.1, 0.15) is 27.0 Å². The summed E-state index contributed by atoms with van der Waals surface area (Å²) in [6.45, 7) is 0. The first-order valence-corrected chi connectivity index (χ1v) is 17.7. The molecule has 53 heavy (non-hydrogen) atoms. The van der Waals surface area contributed by atoms with Crippen molar-refractivity contribution in [3.05, 3.63) is 198 Å². The monoisotopic (exact) mass is 714 g/mol. The molecule has 7 nitrogen and oxygen atoms in total. The van der Waals surface area contributed by atoms with Crippen LogP contribution in [0.25, 0.3) is 38.2 Å². The van der Waals surface area contributed by atoms with Crippen LogP contribution in [-0.4, -0.2) is 30.1 Å². The first-order valence-electron chi connectivity index (χ1n) is 16.8. The fourth-order valence-electron chi connectivity index (χ4n) is 6.93. The predicted molar refractivity (Wildman–Crippen MR) is 204 cm³/mol. The SMILES string of the molecule is O=C(Nc1nc2ccc(F)cc2s1)c1ccc(-c2cnc3ccc(-c4cnn(C(c5ccccc5)(c5ccccc5)c5ccccc5)c4)cn23)cc1F. The Morgan fingerprint density at radius 1 is 0.679 bits per heavy atom. The molecule has 0 spiro atoms. The van der Waals surface area contributed by atoms with Gasteiger partial charge in [0, 0.05) is 29.1 Å². The van der Waals surface area contributed by atoms with Gasteiger partial charge in [-0.15, -0.1) is 0 Å². The number of anilines is 1. The molecule has 0 fully saturated rings. The maximum atomic E-state index is 15.6. The molecule has 0 atom stereocenters. The standard InChI is InChI=1S/C43H28F2N6OS/c44-34-18-20-37-39(23-34)53-42(48-37)49-41(52)35-19-16-28(22-36(35)45)38-25-46-40-21-17-29(26-50(38)40)30-24-47-51(27-30)43(31-10-4-1-5-11-31,32-12-6-2-7-13-32)33-14-8-3-9-15-33/h1-27H,(H,48,49,52). The van der Waals surface area contributed by atoms with Crippen LogP contribution < -0.4 is 5.32 Å². The Bertz CT molecular complexity index is 2660. The lowest BCUT2D eigenvalue weighted by molar-refractivity contribution is 0.102. The van der Waals surface area contributed by atoms with Crippen molar-refractivity contribution in [3.8, 4) is 22.4 Å². The van der Waals surface area contributed by atoms with Gasteiger partial charge in [-0.25, -0.2) is 18.7 Å². The van der Waals surface area contributed by atoms with Gasteiger partial charge in [0.2, 0.25) is 0 Å². The Hall–Kier alpha value is -6.78. The molecule has 4 heterocycles. The molecule has 10 heteroatoms. The quantitative estimate of drug-likeness (QED) is 0.159. The van der Waals surface area contributed by atoms with E-state index in [-0.39, 0.29) is 10.7 Å². The lowest BCUT2D eigenvalue weighted by atomic mass is 9.77. The lowest BCUT2D eigenvalue weighted by Crippen LogP contribution is -2.38. The first-order chi connectivity index (χ1) is 26.0. The summed E-state index contributed by atoms with van der Waals surface area (Å²) in [5.41, 5.74) is 6.49. The molecule has 256 valence electrons. The highest BCUT2D eigenvalue weighted by atomic mass is 32.1. The van der Waals surface area contributed by atoms with E-state index in [0.717, 1.165) is 39.2 Å². The molecular weight excluding hydrogens is 687 g/mol. The third kappa shape index (κ3) is 5.65. The second-order valence-electron chi connectivity index (χ2n) is 12.6. The number of halogens is 2. The summed E-state index contributed by atoms with van der Waals surface area (Å²) >= 11 is 1.12.